The van der Waals surface area contributed by atoms with Gasteiger partial charge >= 0.3 is 0 Å². The van der Waals surface area contributed by atoms with E-state index in [-0.39, 0.29) is 23.8 Å². The van der Waals surface area contributed by atoms with Gasteiger partial charge in [-0.05, 0) is 24.3 Å². The summed E-state index contributed by atoms with van der Waals surface area (Å²) in [6.45, 7) is 3.36. The fourth-order valence-electron chi connectivity index (χ4n) is 1.82. The average Bonchev–Trinajstić information content (AvgIpc) is 2.99. The maximum absolute atomic E-state index is 12.3. The Kier molecular flexibility index (Phi) is 4.83. The molecular weight excluding hydrogens is 302 g/mol. The molecule has 0 fully saturated rings. The number of Topliss-reactive ketones (excluding diaryl/α,β-unsaturated/α-hetero) is 1. The molecule has 2 rings (SSSR count). The normalized spacial score (nSPS) is 12.3. The average molecular weight is 321 g/mol. The number of nitrogens with zero attached hydrogens (tertiary/aromatic N) is 1. The molecule has 0 unspecified atom stereocenters. The second kappa shape index (κ2) is 6.46. The predicted octanol–water partition coefficient (Wildman–Crippen LogP) is 2.49. The molecule has 1 aromatic heterocycles. The molecule has 22 heavy (non-hydrogen) atoms. The Hall–Kier alpha value is -1.92. The lowest BCUT2D eigenvalue weighted by Gasteiger charge is -2.22. The number of carbonyl (C=O) groups excluding carboxylic acids is 1. The third-order valence-electron chi connectivity index (χ3n) is 3.35. The van der Waals surface area contributed by atoms with Crippen LogP contribution in [-0.2, 0) is 25.6 Å². The van der Waals surface area contributed by atoms with Gasteiger partial charge in [0.05, 0.1) is 23.5 Å². The van der Waals surface area contributed by atoms with Crippen molar-refractivity contribution in [3.63, 3.8) is 0 Å². The van der Waals surface area contributed by atoms with E-state index in [0.29, 0.717) is 0 Å². The lowest BCUT2D eigenvalue weighted by molar-refractivity contribution is -0.129. The zero-order chi connectivity index (χ0) is 16.2. The van der Waals surface area contributed by atoms with E-state index in [9.17, 15) is 13.2 Å². The van der Waals surface area contributed by atoms with E-state index < -0.39 is 15.5 Å². The standard InChI is InChI=1S/C16H19NO4S/c1-16(2,15(18)12-17-10-6-7-11-17)13-21-22(19,20)14-8-4-3-5-9-14/h3-11H,12-13H2,1-2H3. The minimum absolute atomic E-state index is 0.0867. The molecule has 0 aliphatic carbocycles. The Morgan fingerprint density at radius 3 is 2.27 bits per heavy atom. The summed E-state index contributed by atoms with van der Waals surface area (Å²) < 4.78 is 31.0. The van der Waals surface area contributed by atoms with Gasteiger partial charge in [0.1, 0.15) is 0 Å². The first-order chi connectivity index (χ1) is 10.3. The molecule has 6 heteroatoms. The molecule has 0 radical (unpaired) electrons. The number of carbonyl (C=O) groups is 1. The van der Waals surface area contributed by atoms with Crippen molar-refractivity contribution < 1.29 is 17.4 Å². The van der Waals surface area contributed by atoms with E-state index in [0.717, 1.165) is 0 Å². The second-order valence-corrected chi connectivity index (χ2v) is 7.31. The quantitative estimate of drug-likeness (QED) is 0.735. The Bertz CT molecular complexity index is 719. The summed E-state index contributed by atoms with van der Waals surface area (Å²) in [5.41, 5.74) is -0.897. The van der Waals surface area contributed by atoms with Crippen LogP contribution in [0.15, 0.2) is 59.8 Å². The van der Waals surface area contributed by atoms with E-state index in [1.165, 1.54) is 12.1 Å². The highest BCUT2D eigenvalue weighted by Gasteiger charge is 2.30. The molecule has 2 aromatic rings. The number of rotatable bonds is 7. The largest absolute Gasteiger partial charge is 0.347 e. The summed E-state index contributed by atoms with van der Waals surface area (Å²) in [4.78, 5) is 12.4. The van der Waals surface area contributed by atoms with Gasteiger partial charge in [0.15, 0.2) is 5.78 Å². The third-order valence-corrected chi connectivity index (χ3v) is 4.63. The number of benzene rings is 1. The van der Waals surface area contributed by atoms with Gasteiger partial charge in [-0.15, -0.1) is 0 Å². The van der Waals surface area contributed by atoms with Crippen LogP contribution in [0, 0.1) is 5.41 Å². The Morgan fingerprint density at radius 1 is 1.09 bits per heavy atom. The van der Waals surface area contributed by atoms with Crippen molar-refractivity contribution in [1.29, 1.82) is 0 Å². The van der Waals surface area contributed by atoms with Gasteiger partial charge in [-0.3, -0.25) is 8.98 Å². The number of hydrogen-bond acceptors (Lipinski definition) is 4. The van der Waals surface area contributed by atoms with Gasteiger partial charge in [0.2, 0.25) is 0 Å². The van der Waals surface area contributed by atoms with Crippen LogP contribution in [0.25, 0.3) is 0 Å². The molecule has 0 saturated carbocycles. The lowest BCUT2D eigenvalue weighted by atomic mass is 9.89. The summed E-state index contributed by atoms with van der Waals surface area (Å²) in [5, 5.41) is 0. The third kappa shape index (κ3) is 4.05. The molecule has 0 aliphatic heterocycles. The summed E-state index contributed by atoms with van der Waals surface area (Å²) in [5.74, 6) is -0.0908. The summed E-state index contributed by atoms with van der Waals surface area (Å²) >= 11 is 0. The lowest BCUT2D eigenvalue weighted by Crippen LogP contribution is -2.33. The van der Waals surface area contributed by atoms with Crippen molar-refractivity contribution in [3.05, 3.63) is 54.9 Å². The van der Waals surface area contributed by atoms with Crippen molar-refractivity contribution in [2.24, 2.45) is 5.41 Å². The van der Waals surface area contributed by atoms with E-state index in [1.54, 1.807) is 49.0 Å². The molecule has 0 aliphatic rings. The highest BCUT2D eigenvalue weighted by molar-refractivity contribution is 7.86. The molecule has 0 saturated heterocycles. The second-order valence-electron chi connectivity index (χ2n) is 5.69. The van der Waals surface area contributed by atoms with Gasteiger partial charge in [-0.25, -0.2) is 0 Å². The number of aromatic nitrogens is 1. The maximum Gasteiger partial charge on any atom is 0.297 e. The minimum Gasteiger partial charge on any atom is -0.347 e. The van der Waals surface area contributed by atoms with Crippen LogP contribution in [-0.4, -0.2) is 25.4 Å². The molecule has 1 aromatic carbocycles. The zero-order valence-electron chi connectivity index (χ0n) is 12.6. The number of ketones is 1. The van der Waals surface area contributed by atoms with Crippen LogP contribution in [0.3, 0.4) is 0 Å². The van der Waals surface area contributed by atoms with Crippen LogP contribution < -0.4 is 0 Å². The Labute approximate surface area is 130 Å². The van der Waals surface area contributed by atoms with Gasteiger partial charge in [-0.2, -0.15) is 8.42 Å². The van der Waals surface area contributed by atoms with Gasteiger partial charge in [0.25, 0.3) is 10.1 Å². The van der Waals surface area contributed by atoms with Gasteiger partial charge < -0.3 is 4.57 Å². The van der Waals surface area contributed by atoms with Crippen molar-refractivity contribution in [3.8, 4) is 0 Å². The summed E-state index contributed by atoms with van der Waals surface area (Å²) in [6, 6.07) is 11.6. The van der Waals surface area contributed by atoms with Crippen LogP contribution >= 0.6 is 0 Å². The molecule has 1 heterocycles. The van der Waals surface area contributed by atoms with E-state index in [4.69, 9.17) is 4.18 Å². The topological polar surface area (TPSA) is 65.4 Å². The fraction of sp³-hybridized carbons (Fsp3) is 0.312. The molecule has 0 spiro atoms. The maximum atomic E-state index is 12.3. The summed E-state index contributed by atoms with van der Waals surface area (Å²) in [6.07, 6.45) is 3.57. The molecule has 0 bridgehead atoms. The van der Waals surface area contributed by atoms with Gasteiger partial charge in [0, 0.05) is 12.4 Å². The summed E-state index contributed by atoms with van der Waals surface area (Å²) in [7, 11) is -3.85. The van der Waals surface area contributed by atoms with Crippen molar-refractivity contribution in [1.82, 2.24) is 4.57 Å². The van der Waals surface area contributed by atoms with Crippen molar-refractivity contribution in [2.75, 3.05) is 6.61 Å². The Balaban J connectivity index is 2.01. The molecular formula is C16H19NO4S. The smallest absolute Gasteiger partial charge is 0.297 e. The van der Waals surface area contributed by atoms with Gasteiger partial charge in [-0.1, -0.05) is 32.0 Å². The molecule has 5 nitrogen and oxygen atoms in total. The fourth-order valence-corrected chi connectivity index (χ4v) is 2.89. The van der Waals surface area contributed by atoms with Crippen LogP contribution in [0.4, 0.5) is 0 Å². The molecule has 118 valence electrons. The molecule has 0 atom stereocenters. The van der Waals surface area contributed by atoms with Crippen molar-refractivity contribution >= 4 is 15.9 Å². The Morgan fingerprint density at radius 2 is 1.68 bits per heavy atom. The van der Waals surface area contributed by atoms with E-state index >= 15 is 0 Å². The van der Waals surface area contributed by atoms with Crippen LogP contribution in [0.2, 0.25) is 0 Å². The number of hydrogen-bond donors (Lipinski definition) is 0. The molecule has 0 amide bonds. The zero-order valence-corrected chi connectivity index (χ0v) is 13.4. The van der Waals surface area contributed by atoms with E-state index in [1.807, 2.05) is 12.1 Å². The highest BCUT2D eigenvalue weighted by Crippen LogP contribution is 2.21. The van der Waals surface area contributed by atoms with E-state index in [2.05, 4.69) is 0 Å². The van der Waals surface area contributed by atoms with Crippen LogP contribution in [0.5, 0.6) is 0 Å². The highest BCUT2D eigenvalue weighted by atomic mass is 32.2. The first-order valence-corrected chi connectivity index (χ1v) is 8.31. The minimum atomic E-state index is -3.85. The SMILES string of the molecule is CC(C)(COS(=O)(=O)c1ccccc1)C(=O)Cn1cccc1. The van der Waals surface area contributed by atoms with Crippen LogP contribution in [0.1, 0.15) is 13.8 Å². The molecule has 0 N–H and O–H groups in total. The monoisotopic (exact) mass is 321 g/mol. The first kappa shape index (κ1) is 16.5. The first-order valence-electron chi connectivity index (χ1n) is 6.90. The predicted molar refractivity (Wildman–Crippen MR) is 82.8 cm³/mol. The van der Waals surface area contributed by atoms with Crippen molar-refractivity contribution in [2.45, 2.75) is 25.3 Å².